The van der Waals surface area contributed by atoms with Crippen LogP contribution in [0.2, 0.25) is 0 Å². The molecule has 0 amide bonds. The van der Waals surface area contributed by atoms with Gasteiger partial charge < -0.3 is 15.8 Å². The number of thioether (sulfide) groups is 1. The van der Waals surface area contributed by atoms with Crippen LogP contribution in [0.15, 0.2) is 28.3 Å². The topological polar surface area (TPSA) is 61.8 Å². The van der Waals surface area contributed by atoms with Crippen molar-refractivity contribution in [3.8, 4) is 0 Å². The van der Waals surface area contributed by atoms with Gasteiger partial charge in [0, 0.05) is 23.2 Å². The lowest BCUT2D eigenvalue weighted by molar-refractivity contribution is 0.318. The van der Waals surface area contributed by atoms with Crippen LogP contribution in [-0.4, -0.2) is 29.9 Å². The van der Waals surface area contributed by atoms with Crippen molar-refractivity contribution >= 4 is 23.3 Å². The fraction of sp³-hybridized carbons (Fsp3) is 0.533. The molecule has 2 unspecified atom stereocenters. The van der Waals surface area contributed by atoms with E-state index in [4.69, 9.17) is 10.9 Å². The monoisotopic (exact) mass is 293 g/mol. The largest absolute Gasteiger partial charge is 0.409 e. The van der Waals surface area contributed by atoms with Gasteiger partial charge in [-0.05, 0) is 44.1 Å². The van der Waals surface area contributed by atoms with Gasteiger partial charge in [0.15, 0.2) is 5.84 Å². The Kier molecular flexibility index (Phi) is 4.81. The van der Waals surface area contributed by atoms with Crippen LogP contribution in [0.4, 0.5) is 5.69 Å². The van der Waals surface area contributed by atoms with Crippen LogP contribution in [0.5, 0.6) is 0 Å². The smallest absolute Gasteiger partial charge is 0.173 e. The number of oxime groups is 1. The van der Waals surface area contributed by atoms with E-state index in [1.165, 1.54) is 12.8 Å². The maximum absolute atomic E-state index is 9.08. The fourth-order valence-corrected chi connectivity index (χ4v) is 3.49. The second kappa shape index (κ2) is 6.39. The summed E-state index contributed by atoms with van der Waals surface area (Å²) in [6.07, 6.45) is 4.45. The van der Waals surface area contributed by atoms with Crippen molar-refractivity contribution in [2.75, 3.05) is 17.7 Å². The lowest BCUT2D eigenvalue weighted by Gasteiger charge is -2.39. The lowest BCUT2D eigenvalue weighted by atomic mass is 9.93. The highest BCUT2D eigenvalue weighted by molar-refractivity contribution is 7.98. The Labute approximate surface area is 125 Å². The van der Waals surface area contributed by atoms with Gasteiger partial charge in [0.2, 0.25) is 0 Å². The summed E-state index contributed by atoms with van der Waals surface area (Å²) < 4.78 is 0. The minimum atomic E-state index is 0.190. The highest BCUT2D eigenvalue weighted by atomic mass is 32.2. The van der Waals surface area contributed by atoms with Crippen LogP contribution in [0.3, 0.4) is 0 Å². The van der Waals surface area contributed by atoms with Gasteiger partial charge in [0.05, 0.1) is 5.56 Å². The third kappa shape index (κ3) is 2.87. The van der Waals surface area contributed by atoms with E-state index in [-0.39, 0.29) is 5.84 Å². The molecule has 0 bridgehead atoms. The number of nitrogens with two attached hydrogens (primary N) is 1. The van der Waals surface area contributed by atoms with E-state index in [0.29, 0.717) is 12.0 Å². The molecule has 2 rings (SSSR count). The summed E-state index contributed by atoms with van der Waals surface area (Å²) in [6, 6.07) is 6.61. The van der Waals surface area contributed by atoms with Crippen LogP contribution in [0.1, 0.15) is 32.3 Å². The molecule has 20 heavy (non-hydrogen) atoms. The molecule has 0 aliphatic carbocycles. The van der Waals surface area contributed by atoms with Gasteiger partial charge >= 0.3 is 0 Å². The lowest BCUT2D eigenvalue weighted by Crippen LogP contribution is -2.42. The minimum Gasteiger partial charge on any atom is -0.409 e. The van der Waals surface area contributed by atoms with Crippen molar-refractivity contribution in [3.63, 3.8) is 0 Å². The number of rotatable bonds is 3. The molecule has 2 atom stereocenters. The third-order valence-electron chi connectivity index (χ3n) is 4.02. The van der Waals surface area contributed by atoms with Gasteiger partial charge in [-0.3, -0.25) is 0 Å². The Bertz CT molecular complexity index is 504. The Morgan fingerprint density at radius 2 is 2.15 bits per heavy atom. The van der Waals surface area contributed by atoms with Crippen molar-refractivity contribution in [1.82, 2.24) is 0 Å². The van der Waals surface area contributed by atoms with E-state index >= 15 is 0 Å². The molecule has 0 radical (unpaired) electrons. The maximum Gasteiger partial charge on any atom is 0.173 e. The number of anilines is 1. The first-order valence-electron chi connectivity index (χ1n) is 7.00. The number of hydrogen-bond donors (Lipinski definition) is 2. The van der Waals surface area contributed by atoms with Crippen molar-refractivity contribution in [1.29, 1.82) is 0 Å². The molecule has 1 fully saturated rings. The summed E-state index contributed by atoms with van der Waals surface area (Å²) in [4.78, 5) is 3.43. The van der Waals surface area contributed by atoms with Crippen LogP contribution in [0, 0.1) is 5.92 Å². The highest BCUT2D eigenvalue weighted by Gasteiger charge is 2.26. The predicted molar refractivity (Wildman–Crippen MR) is 85.9 cm³/mol. The molecule has 0 aromatic heterocycles. The standard InChI is InChI=1S/C15H23N3OS/c1-10-7-8-11(2)18(9-10)12-5-4-6-13(20-3)14(12)15(16)17-19/h4-6,10-11,19H,7-9H2,1-3H3,(H2,16,17). The van der Waals surface area contributed by atoms with Crippen molar-refractivity contribution < 1.29 is 5.21 Å². The zero-order chi connectivity index (χ0) is 14.7. The van der Waals surface area contributed by atoms with E-state index in [0.717, 1.165) is 22.7 Å². The molecular weight excluding hydrogens is 270 g/mol. The molecule has 1 saturated heterocycles. The van der Waals surface area contributed by atoms with Crippen molar-refractivity contribution in [2.45, 2.75) is 37.6 Å². The Hall–Kier alpha value is -1.36. The second-order valence-corrected chi connectivity index (χ2v) is 6.37. The van der Waals surface area contributed by atoms with E-state index in [2.05, 4.69) is 30.0 Å². The maximum atomic E-state index is 9.08. The summed E-state index contributed by atoms with van der Waals surface area (Å²) in [7, 11) is 0. The van der Waals surface area contributed by atoms with Gasteiger partial charge in [0.25, 0.3) is 0 Å². The number of hydrogen-bond acceptors (Lipinski definition) is 4. The predicted octanol–water partition coefficient (Wildman–Crippen LogP) is 3.13. The molecule has 1 aliphatic heterocycles. The van der Waals surface area contributed by atoms with Crippen LogP contribution in [-0.2, 0) is 0 Å². The van der Waals surface area contributed by atoms with Gasteiger partial charge in [-0.25, -0.2) is 0 Å². The first-order chi connectivity index (χ1) is 9.58. The fourth-order valence-electron chi connectivity index (χ4n) is 2.86. The Morgan fingerprint density at radius 3 is 2.80 bits per heavy atom. The molecule has 0 saturated carbocycles. The van der Waals surface area contributed by atoms with Gasteiger partial charge in [-0.15, -0.1) is 11.8 Å². The summed E-state index contributed by atoms with van der Waals surface area (Å²) in [5.74, 6) is 0.861. The number of amidine groups is 1. The molecule has 110 valence electrons. The van der Waals surface area contributed by atoms with E-state index in [1.807, 2.05) is 18.4 Å². The minimum absolute atomic E-state index is 0.190. The molecule has 1 heterocycles. The SMILES string of the molecule is CSc1cccc(N2CC(C)CCC2C)c1/C(N)=N/O. The molecule has 0 spiro atoms. The van der Waals surface area contributed by atoms with Gasteiger partial charge in [-0.2, -0.15) is 0 Å². The first-order valence-corrected chi connectivity index (χ1v) is 8.22. The molecular formula is C15H23N3OS. The first kappa shape index (κ1) is 15.0. The average molecular weight is 293 g/mol. The van der Waals surface area contributed by atoms with E-state index in [9.17, 15) is 0 Å². The summed E-state index contributed by atoms with van der Waals surface area (Å²) in [6.45, 7) is 5.54. The van der Waals surface area contributed by atoms with Crippen molar-refractivity contribution in [2.24, 2.45) is 16.8 Å². The van der Waals surface area contributed by atoms with Crippen LogP contribution in [0.25, 0.3) is 0 Å². The zero-order valence-corrected chi connectivity index (χ0v) is 13.2. The third-order valence-corrected chi connectivity index (χ3v) is 4.80. The van der Waals surface area contributed by atoms with Crippen LogP contribution >= 0.6 is 11.8 Å². The molecule has 1 aliphatic rings. The van der Waals surface area contributed by atoms with E-state index in [1.54, 1.807) is 11.8 Å². The summed E-state index contributed by atoms with van der Waals surface area (Å²) in [5.41, 5.74) is 7.84. The summed E-state index contributed by atoms with van der Waals surface area (Å²) >= 11 is 1.62. The molecule has 5 heteroatoms. The molecule has 4 nitrogen and oxygen atoms in total. The summed E-state index contributed by atoms with van der Waals surface area (Å²) in [5, 5.41) is 12.3. The highest BCUT2D eigenvalue weighted by Crippen LogP contribution is 2.34. The zero-order valence-electron chi connectivity index (χ0n) is 12.3. The number of piperidine rings is 1. The Morgan fingerprint density at radius 1 is 1.40 bits per heavy atom. The molecule has 1 aromatic rings. The number of benzene rings is 1. The van der Waals surface area contributed by atoms with Gasteiger partial charge in [0.1, 0.15) is 0 Å². The Balaban J connectivity index is 2.50. The quantitative estimate of drug-likeness (QED) is 0.295. The van der Waals surface area contributed by atoms with Crippen molar-refractivity contribution in [3.05, 3.63) is 23.8 Å². The second-order valence-electron chi connectivity index (χ2n) is 5.52. The molecule has 3 N–H and O–H groups in total. The van der Waals surface area contributed by atoms with Gasteiger partial charge in [-0.1, -0.05) is 18.1 Å². The van der Waals surface area contributed by atoms with Crippen LogP contribution < -0.4 is 10.6 Å². The average Bonchev–Trinajstić information content (AvgIpc) is 2.48. The normalized spacial score (nSPS) is 23.9. The van der Waals surface area contributed by atoms with E-state index < -0.39 is 0 Å². The molecule has 1 aromatic carbocycles. The number of nitrogens with zero attached hydrogens (tertiary/aromatic N) is 2.